The van der Waals surface area contributed by atoms with Gasteiger partial charge in [0, 0.05) is 27.8 Å². The number of hydrogen-bond acceptors (Lipinski definition) is 0. The second kappa shape index (κ2) is 9.32. The van der Waals surface area contributed by atoms with Crippen LogP contribution in [0.1, 0.15) is 33.3 Å². The highest BCUT2D eigenvalue weighted by Crippen LogP contribution is 2.45. The zero-order chi connectivity index (χ0) is 24.8. The SMILES string of the molecule is ClC(Cc1ccccc1)[n+]1c2c(c(-c3ccccc3)c3c1-c1ccccc1CC3)CCc1ccccc1-2. The van der Waals surface area contributed by atoms with E-state index in [-0.39, 0.29) is 5.50 Å². The summed E-state index contributed by atoms with van der Waals surface area (Å²) in [6.07, 6.45) is 4.95. The maximum atomic E-state index is 7.51. The molecule has 1 unspecified atom stereocenters. The fourth-order valence-electron chi connectivity index (χ4n) is 6.48. The molecule has 37 heavy (non-hydrogen) atoms. The van der Waals surface area contributed by atoms with Gasteiger partial charge in [-0.05, 0) is 71.7 Å². The van der Waals surface area contributed by atoms with Crippen LogP contribution in [0.4, 0.5) is 0 Å². The first kappa shape index (κ1) is 22.5. The van der Waals surface area contributed by atoms with Crippen LogP contribution in [0.25, 0.3) is 33.6 Å². The lowest BCUT2D eigenvalue weighted by atomic mass is 9.77. The third-order valence-electron chi connectivity index (χ3n) is 8.08. The molecule has 2 aliphatic rings. The summed E-state index contributed by atoms with van der Waals surface area (Å²) in [4.78, 5) is 0. The number of rotatable bonds is 4. The molecule has 1 aromatic heterocycles. The van der Waals surface area contributed by atoms with Crippen LogP contribution in [-0.4, -0.2) is 0 Å². The molecular weight excluding hydrogens is 470 g/mol. The fraction of sp³-hybridized carbons (Fsp3) is 0.171. The Hall–Kier alpha value is -3.68. The van der Waals surface area contributed by atoms with Crippen molar-refractivity contribution in [1.82, 2.24) is 0 Å². The zero-order valence-corrected chi connectivity index (χ0v) is 21.6. The zero-order valence-electron chi connectivity index (χ0n) is 20.8. The van der Waals surface area contributed by atoms with Crippen molar-refractivity contribution in [2.75, 3.05) is 0 Å². The molecule has 0 saturated carbocycles. The maximum Gasteiger partial charge on any atom is 0.237 e. The monoisotopic (exact) mass is 498 g/mol. The first-order valence-electron chi connectivity index (χ1n) is 13.3. The molecule has 0 saturated heterocycles. The van der Waals surface area contributed by atoms with E-state index < -0.39 is 0 Å². The molecule has 2 aliphatic carbocycles. The van der Waals surface area contributed by atoms with Crippen molar-refractivity contribution >= 4 is 11.6 Å². The minimum atomic E-state index is -0.202. The summed E-state index contributed by atoms with van der Waals surface area (Å²) in [5.41, 5.74) is 14.8. The van der Waals surface area contributed by atoms with Crippen molar-refractivity contribution in [3.63, 3.8) is 0 Å². The van der Waals surface area contributed by atoms with E-state index in [1.165, 1.54) is 61.5 Å². The number of aromatic nitrogens is 1. The first-order valence-corrected chi connectivity index (χ1v) is 13.8. The van der Waals surface area contributed by atoms with Crippen molar-refractivity contribution < 1.29 is 4.57 Å². The Balaban J connectivity index is 1.59. The summed E-state index contributed by atoms with van der Waals surface area (Å²) in [5, 5.41) is 0. The normalized spacial score (nSPS) is 14.2. The molecule has 0 fully saturated rings. The maximum absolute atomic E-state index is 7.51. The van der Waals surface area contributed by atoms with E-state index in [1.54, 1.807) is 0 Å². The molecule has 1 heterocycles. The third kappa shape index (κ3) is 3.81. The first-order chi connectivity index (χ1) is 18.3. The molecule has 0 amide bonds. The highest BCUT2D eigenvalue weighted by molar-refractivity contribution is 6.18. The van der Waals surface area contributed by atoms with E-state index in [4.69, 9.17) is 11.6 Å². The van der Waals surface area contributed by atoms with E-state index in [0.29, 0.717) is 0 Å². The summed E-state index contributed by atoms with van der Waals surface area (Å²) >= 11 is 7.51. The van der Waals surface area contributed by atoms with Gasteiger partial charge in [0.25, 0.3) is 0 Å². The van der Waals surface area contributed by atoms with Crippen LogP contribution in [0.15, 0.2) is 109 Å². The van der Waals surface area contributed by atoms with Crippen LogP contribution in [0, 0.1) is 0 Å². The average molecular weight is 499 g/mol. The van der Waals surface area contributed by atoms with Gasteiger partial charge in [0.15, 0.2) is 0 Å². The van der Waals surface area contributed by atoms with Gasteiger partial charge < -0.3 is 0 Å². The van der Waals surface area contributed by atoms with E-state index in [0.717, 1.165) is 32.1 Å². The molecule has 0 N–H and O–H groups in total. The van der Waals surface area contributed by atoms with Crippen LogP contribution in [0.2, 0.25) is 0 Å². The second-order valence-electron chi connectivity index (χ2n) is 10.2. The number of aryl methyl sites for hydroxylation is 2. The molecule has 0 bridgehead atoms. The molecule has 1 atom stereocenters. The lowest BCUT2D eigenvalue weighted by molar-refractivity contribution is -0.681. The van der Waals surface area contributed by atoms with Crippen LogP contribution >= 0.6 is 11.6 Å². The highest BCUT2D eigenvalue weighted by atomic mass is 35.5. The quantitative estimate of drug-likeness (QED) is 0.174. The predicted molar refractivity (Wildman–Crippen MR) is 153 cm³/mol. The van der Waals surface area contributed by atoms with Crippen molar-refractivity contribution in [3.8, 4) is 33.6 Å². The fourth-order valence-corrected chi connectivity index (χ4v) is 6.86. The Labute approximate surface area is 224 Å². The summed E-state index contributed by atoms with van der Waals surface area (Å²) in [5.74, 6) is 0. The molecule has 0 aliphatic heterocycles. The molecule has 1 nitrogen and oxygen atoms in total. The highest BCUT2D eigenvalue weighted by Gasteiger charge is 2.40. The molecule has 0 radical (unpaired) electrons. The third-order valence-corrected chi connectivity index (χ3v) is 8.43. The van der Waals surface area contributed by atoms with Gasteiger partial charge >= 0.3 is 0 Å². The Morgan fingerprint density at radius 1 is 0.568 bits per heavy atom. The van der Waals surface area contributed by atoms with E-state index in [9.17, 15) is 0 Å². The standard InChI is InChI=1S/C35H29ClN/c36-32(23-24-11-3-1-4-12-24)37-34-28-17-9-7-13-25(28)19-21-30(34)33(27-15-5-2-6-16-27)31-22-20-26-14-8-10-18-29(26)35(31)37/h1-18,32H,19-23H2/q+1. The van der Waals surface area contributed by atoms with Gasteiger partial charge in [0.2, 0.25) is 16.9 Å². The summed E-state index contributed by atoms with van der Waals surface area (Å²) in [6, 6.07) is 39.6. The molecule has 4 aromatic carbocycles. The number of fused-ring (bicyclic) bond motifs is 6. The predicted octanol–water partition coefficient (Wildman–Crippen LogP) is 8.15. The van der Waals surface area contributed by atoms with Crippen molar-refractivity contribution in [2.45, 2.75) is 37.6 Å². The number of hydrogen-bond donors (Lipinski definition) is 0. The molecular formula is C35H29ClN+. The van der Waals surface area contributed by atoms with Crippen molar-refractivity contribution in [1.29, 1.82) is 0 Å². The summed E-state index contributed by atoms with van der Waals surface area (Å²) in [6.45, 7) is 0. The molecule has 7 rings (SSSR count). The molecule has 0 spiro atoms. The van der Waals surface area contributed by atoms with Gasteiger partial charge in [-0.2, -0.15) is 4.57 Å². The van der Waals surface area contributed by atoms with E-state index in [1.807, 2.05) is 0 Å². The number of alkyl halides is 1. The van der Waals surface area contributed by atoms with Crippen LogP contribution < -0.4 is 4.57 Å². The lowest BCUT2D eigenvalue weighted by Gasteiger charge is -2.29. The van der Waals surface area contributed by atoms with Crippen molar-refractivity contribution in [2.24, 2.45) is 0 Å². The van der Waals surface area contributed by atoms with Gasteiger partial charge in [-0.3, -0.25) is 0 Å². The minimum Gasteiger partial charge on any atom is -0.173 e. The summed E-state index contributed by atoms with van der Waals surface area (Å²) in [7, 11) is 0. The minimum absolute atomic E-state index is 0.202. The molecule has 5 aromatic rings. The average Bonchev–Trinajstić information content (AvgIpc) is 2.96. The number of pyridine rings is 1. The van der Waals surface area contributed by atoms with Crippen LogP contribution in [0.3, 0.4) is 0 Å². The molecule has 180 valence electrons. The smallest absolute Gasteiger partial charge is 0.173 e. The van der Waals surface area contributed by atoms with Crippen LogP contribution in [0.5, 0.6) is 0 Å². The van der Waals surface area contributed by atoms with Gasteiger partial charge in [0.1, 0.15) is 0 Å². The van der Waals surface area contributed by atoms with E-state index >= 15 is 0 Å². The van der Waals surface area contributed by atoms with E-state index in [2.05, 4.69) is 114 Å². The molecule has 2 heteroatoms. The Kier molecular flexibility index (Phi) is 5.67. The number of nitrogens with zero attached hydrogens (tertiary/aromatic N) is 1. The van der Waals surface area contributed by atoms with Gasteiger partial charge in [0.05, 0.1) is 6.42 Å². The largest absolute Gasteiger partial charge is 0.237 e. The number of benzene rings is 4. The van der Waals surface area contributed by atoms with Crippen LogP contribution in [-0.2, 0) is 32.1 Å². The Bertz CT molecular complexity index is 1530. The van der Waals surface area contributed by atoms with Gasteiger partial charge in [-0.1, -0.05) is 97.1 Å². The van der Waals surface area contributed by atoms with Crippen molar-refractivity contribution in [3.05, 3.63) is 137 Å². The van der Waals surface area contributed by atoms with Gasteiger partial charge in [-0.15, -0.1) is 0 Å². The lowest BCUT2D eigenvalue weighted by Crippen LogP contribution is -2.46. The Morgan fingerprint density at radius 2 is 1.05 bits per heavy atom. The number of halogens is 1. The van der Waals surface area contributed by atoms with Gasteiger partial charge in [-0.25, -0.2) is 0 Å². The topological polar surface area (TPSA) is 3.88 Å². The summed E-state index contributed by atoms with van der Waals surface area (Å²) < 4.78 is 2.50. The second-order valence-corrected chi connectivity index (χ2v) is 10.7. The Morgan fingerprint density at radius 3 is 1.62 bits per heavy atom.